The molecule has 23 heavy (non-hydrogen) atoms. The summed E-state index contributed by atoms with van der Waals surface area (Å²) in [5, 5.41) is 0. The lowest BCUT2D eigenvalue weighted by molar-refractivity contribution is 0.0514. The molecule has 10 heteroatoms. The average Bonchev–Trinajstić information content (AvgIpc) is 2.42. The summed E-state index contributed by atoms with van der Waals surface area (Å²) in [6, 6.07) is 3.94. The summed E-state index contributed by atoms with van der Waals surface area (Å²) in [4.78, 5) is 24.7. The molecule has 128 valence electrons. The summed E-state index contributed by atoms with van der Waals surface area (Å²) in [5.41, 5.74) is 0.946. The number of hydrogen-bond acceptors (Lipinski definition) is 6. The van der Waals surface area contributed by atoms with Gasteiger partial charge in [-0.15, -0.1) is 4.83 Å². The second kappa shape index (κ2) is 7.28. The Bertz CT molecular complexity index is 712. The molecular weight excluding hydrogens is 392 g/mol. The quantitative estimate of drug-likeness (QED) is 0.581. The second-order valence-corrected chi connectivity index (χ2v) is 7.93. The molecule has 1 aromatic carbocycles. The molecule has 0 aliphatic rings. The minimum atomic E-state index is -4.20. The van der Waals surface area contributed by atoms with Gasteiger partial charge in [0.1, 0.15) is 5.60 Å². The molecule has 0 fully saturated rings. The maximum absolute atomic E-state index is 12.3. The van der Waals surface area contributed by atoms with E-state index in [2.05, 4.69) is 20.7 Å². The Morgan fingerprint density at radius 3 is 2.35 bits per heavy atom. The first-order valence-electron chi connectivity index (χ1n) is 6.35. The minimum Gasteiger partial charge on any atom is -0.465 e. The van der Waals surface area contributed by atoms with Crippen molar-refractivity contribution in [1.29, 1.82) is 0 Å². The number of esters is 1. The predicted molar refractivity (Wildman–Crippen MR) is 85.2 cm³/mol. The maximum atomic E-state index is 12.3. The molecule has 0 saturated carbocycles. The molecule has 0 bridgehead atoms. The maximum Gasteiger partial charge on any atom is 0.423 e. The number of hydrogen-bond donors (Lipinski definition) is 2. The van der Waals surface area contributed by atoms with Gasteiger partial charge in [0.05, 0.1) is 17.6 Å². The number of sulfonamides is 1. The third-order valence-electron chi connectivity index (χ3n) is 2.32. The highest BCUT2D eigenvalue weighted by Gasteiger charge is 2.25. The van der Waals surface area contributed by atoms with Crippen LogP contribution in [0.2, 0.25) is 0 Å². The van der Waals surface area contributed by atoms with Gasteiger partial charge < -0.3 is 9.47 Å². The molecule has 0 aliphatic heterocycles. The number of rotatable bonds is 4. The SMILES string of the molecule is COC(=O)c1cc(Br)ccc1S(=O)(=O)NNC(=O)OC(C)(C)C. The molecule has 0 spiro atoms. The van der Waals surface area contributed by atoms with Gasteiger partial charge in [-0.3, -0.25) is 0 Å². The van der Waals surface area contributed by atoms with Gasteiger partial charge in [0.2, 0.25) is 0 Å². The highest BCUT2D eigenvalue weighted by atomic mass is 79.9. The van der Waals surface area contributed by atoms with E-state index in [1.165, 1.54) is 18.2 Å². The first kappa shape index (κ1) is 19.4. The van der Waals surface area contributed by atoms with Gasteiger partial charge in [0.15, 0.2) is 0 Å². The van der Waals surface area contributed by atoms with E-state index in [1.54, 1.807) is 20.8 Å². The van der Waals surface area contributed by atoms with Crippen molar-refractivity contribution in [2.24, 2.45) is 0 Å². The van der Waals surface area contributed by atoms with Gasteiger partial charge in [-0.05, 0) is 39.0 Å². The van der Waals surface area contributed by atoms with E-state index in [-0.39, 0.29) is 10.5 Å². The molecule has 8 nitrogen and oxygen atoms in total. The van der Waals surface area contributed by atoms with Crippen molar-refractivity contribution in [3.8, 4) is 0 Å². The summed E-state index contributed by atoms with van der Waals surface area (Å²) in [5.74, 6) is -0.830. The van der Waals surface area contributed by atoms with Crippen molar-refractivity contribution in [3.05, 3.63) is 28.2 Å². The Labute approximate surface area is 142 Å². The van der Waals surface area contributed by atoms with Gasteiger partial charge in [-0.1, -0.05) is 15.9 Å². The number of halogens is 1. The molecule has 0 heterocycles. The van der Waals surface area contributed by atoms with E-state index in [0.717, 1.165) is 7.11 Å². The zero-order valence-electron chi connectivity index (χ0n) is 13.0. The number of nitrogens with one attached hydrogen (secondary N) is 2. The normalized spacial score (nSPS) is 11.7. The lowest BCUT2D eigenvalue weighted by Gasteiger charge is -2.20. The smallest absolute Gasteiger partial charge is 0.423 e. The summed E-state index contributed by atoms with van der Waals surface area (Å²) >= 11 is 3.14. The second-order valence-electron chi connectivity index (χ2n) is 5.36. The van der Waals surface area contributed by atoms with E-state index in [0.29, 0.717) is 4.47 Å². The van der Waals surface area contributed by atoms with E-state index >= 15 is 0 Å². The fourth-order valence-electron chi connectivity index (χ4n) is 1.47. The van der Waals surface area contributed by atoms with Crippen LogP contribution in [0.15, 0.2) is 27.6 Å². The number of hydrazine groups is 1. The molecule has 1 amide bonds. The summed E-state index contributed by atoms with van der Waals surface area (Å²) in [7, 11) is -3.07. The Kier molecular flexibility index (Phi) is 6.14. The number of carbonyl (C=O) groups is 2. The van der Waals surface area contributed by atoms with Crippen LogP contribution in [0.4, 0.5) is 4.79 Å². The fourth-order valence-corrected chi connectivity index (χ4v) is 2.84. The van der Waals surface area contributed by atoms with Crippen LogP contribution < -0.4 is 10.3 Å². The first-order valence-corrected chi connectivity index (χ1v) is 8.62. The van der Waals surface area contributed by atoms with Crippen LogP contribution in [0.25, 0.3) is 0 Å². The topological polar surface area (TPSA) is 111 Å². The van der Waals surface area contributed by atoms with Crippen LogP contribution in [-0.2, 0) is 19.5 Å². The fraction of sp³-hybridized carbons (Fsp3) is 0.385. The molecule has 0 saturated heterocycles. The highest BCUT2D eigenvalue weighted by Crippen LogP contribution is 2.21. The van der Waals surface area contributed by atoms with Crippen LogP contribution in [0.5, 0.6) is 0 Å². The largest absolute Gasteiger partial charge is 0.465 e. The molecule has 2 N–H and O–H groups in total. The van der Waals surface area contributed by atoms with Gasteiger partial charge in [-0.25, -0.2) is 23.4 Å². The third kappa shape index (κ3) is 5.81. The van der Waals surface area contributed by atoms with Gasteiger partial charge >= 0.3 is 12.1 Å². The van der Waals surface area contributed by atoms with Gasteiger partial charge in [-0.2, -0.15) is 0 Å². The molecule has 0 aliphatic carbocycles. The van der Waals surface area contributed by atoms with Crippen molar-refractivity contribution in [3.63, 3.8) is 0 Å². The third-order valence-corrected chi connectivity index (χ3v) is 4.12. The van der Waals surface area contributed by atoms with Crippen molar-refractivity contribution < 1.29 is 27.5 Å². The monoisotopic (exact) mass is 408 g/mol. The Balaban J connectivity index is 3.01. The van der Waals surface area contributed by atoms with Crippen LogP contribution in [0.3, 0.4) is 0 Å². The van der Waals surface area contributed by atoms with Crippen molar-refractivity contribution in [2.75, 3.05) is 7.11 Å². The average molecular weight is 409 g/mol. The number of benzene rings is 1. The standard InChI is InChI=1S/C13H17BrN2O6S/c1-13(2,3)22-12(18)15-16-23(19,20)10-6-5-8(14)7-9(10)11(17)21-4/h5-7,16H,1-4H3,(H,15,18). The minimum absolute atomic E-state index is 0.180. The van der Waals surface area contributed by atoms with Crippen LogP contribution >= 0.6 is 15.9 Å². The summed E-state index contributed by atoms with van der Waals surface area (Å²) in [6.07, 6.45) is -0.974. The van der Waals surface area contributed by atoms with E-state index in [1.807, 2.05) is 10.3 Å². The predicted octanol–water partition coefficient (Wildman–Crippen LogP) is 1.95. The lowest BCUT2D eigenvalue weighted by atomic mass is 10.2. The summed E-state index contributed by atoms with van der Waals surface area (Å²) in [6.45, 7) is 4.89. The molecule has 1 aromatic rings. The van der Waals surface area contributed by atoms with Crippen LogP contribution in [0, 0.1) is 0 Å². The molecule has 0 atom stereocenters. The van der Waals surface area contributed by atoms with Crippen LogP contribution in [0.1, 0.15) is 31.1 Å². The van der Waals surface area contributed by atoms with Gasteiger partial charge in [0.25, 0.3) is 10.0 Å². The molecule has 1 rings (SSSR count). The number of ether oxygens (including phenoxy) is 2. The summed E-state index contributed by atoms with van der Waals surface area (Å²) < 4.78 is 34.5. The van der Waals surface area contributed by atoms with Crippen molar-refractivity contribution in [2.45, 2.75) is 31.3 Å². The van der Waals surface area contributed by atoms with E-state index < -0.39 is 27.7 Å². The molecule has 0 unspecified atom stereocenters. The van der Waals surface area contributed by atoms with Gasteiger partial charge in [0, 0.05) is 4.47 Å². The zero-order chi connectivity index (χ0) is 17.8. The van der Waals surface area contributed by atoms with Crippen LogP contribution in [-0.4, -0.2) is 33.2 Å². The molecule has 0 radical (unpaired) electrons. The van der Waals surface area contributed by atoms with E-state index in [4.69, 9.17) is 4.74 Å². The highest BCUT2D eigenvalue weighted by molar-refractivity contribution is 9.10. The lowest BCUT2D eigenvalue weighted by Crippen LogP contribution is -2.44. The number of amides is 1. The Hall–Kier alpha value is -1.65. The zero-order valence-corrected chi connectivity index (χ0v) is 15.4. The number of methoxy groups -OCH3 is 1. The van der Waals surface area contributed by atoms with Crippen molar-refractivity contribution >= 4 is 38.0 Å². The Morgan fingerprint density at radius 1 is 1.22 bits per heavy atom. The molecule has 0 aromatic heterocycles. The van der Waals surface area contributed by atoms with Crippen molar-refractivity contribution in [1.82, 2.24) is 10.3 Å². The van der Waals surface area contributed by atoms with E-state index in [9.17, 15) is 18.0 Å². The Morgan fingerprint density at radius 2 is 1.83 bits per heavy atom. The first-order chi connectivity index (χ1) is 10.5. The number of carbonyl (C=O) groups excluding carboxylic acids is 2. The molecular formula is C13H17BrN2O6S.